The van der Waals surface area contributed by atoms with Crippen LogP contribution in [0.2, 0.25) is 0 Å². The summed E-state index contributed by atoms with van der Waals surface area (Å²) in [4.78, 5) is 4.63. The first kappa shape index (κ1) is 20.6. The van der Waals surface area contributed by atoms with Crippen LogP contribution in [-0.4, -0.2) is 26.8 Å². The van der Waals surface area contributed by atoms with Gasteiger partial charge in [-0.1, -0.05) is 12.1 Å². The van der Waals surface area contributed by atoms with Gasteiger partial charge in [0.25, 0.3) is 0 Å². The second-order valence-corrected chi connectivity index (χ2v) is 6.68. The summed E-state index contributed by atoms with van der Waals surface area (Å²) in [6.07, 6.45) is 2.30. The van der Waals surface area contributed by atoms with Crippen LogP contribution in [0, 0.1) is 19.7 Å². The van der Waals surface area contributed by atoms with Crippen molar-refractivity contribution in [3.05, 3.63) is 46.8 Å². The Bertz CT molecular complexity index is 784. The van der Waals surface area contributed by atoms with Crippen LogP contribution in [0.5, 0.6) is 0 Å². The Labute approximate surface area is 170 Å². The Balaban J connectivity index is 0.00000243. The van der Waals surface area contributed by atoms with Gasteiger partial charge in [0.2, 0.25) is 0 Å². The number of nitrogens with one attached hydrogen (secondary N) is 2. The standard InChI is InChI=1S/C18H25FN6.HI/c1-11-5-6-14(9-16(11)19)12(2)21-18(22-15-7-8-15)20-10-17-24-23-13(3)25(17)4;/h5-6,9,12,15H,7-8,10H2,1-4H3,(H2,20,21,22);1H. The van der Waals surface area contributed by atoms with Crippen molar-refractivity contribution in [1.82, 2.24) is 25.4 Å². The van der Waals surface area contributed by atoms with Crippen LogP contribution in [0.3, 0.4) is 0 Å². The fraction of sp³-hybridized carbons (Fsp3) is 0.500. The van der Waals surface area contributed by atoms with Crippen molar-refractivity contribution in [3.63, 3.8) is 0 Å². The molecule has 0 saturated heterocycles. The lowest BCUT2D eigenvalue weighted by molar-refractivity contribution is 0.607. The minimum absolute atomic E-state index is 0. The minimum atomic E-state index is -0.186. The van der Waals surface area contributed by atoms with Crippen LogP contribution in [0.1, 0.15) is 48.6 Å². The highest BCUT2D eigenvalue weighted by molar-refractivity contribution is 14.0. The van der Waals surface area contributed by atoms with E-state index in [1.807, 2.05) is 31.5 Å². The molecule has 6 nitrogen and oxygen atoms in total. The van der Waals surface area contributed by atoms with E-state index < -0.39 is 0 Å². The number of rotatable bonds is 5. The topological polar surface area (TPSA) is 67.1 Å². The number of aryl methyl sites for hydroxylation is 2. The first-order chi connectivity index (χ1) is 11.9. The maximum atomic E-state index is 13.8. The van der Waals surface area contributed by atoms with Crippen LogP contribution in [0.4, 0.5) is 4.39 Å². The lowest BCUT2D eigenvalue weighted by atomic mass is 10.1. The molecule has 3 rings (SSSR count). The molecule has 1 heterocycles. The maximum Gasteiger partial charge on any atom is 0.192 e. The van der Waals surface area contributed by atoms with Gasteiger partial charge in [-0.25, -0.2) is 9.38 Å². The molecule has 0 aliphatic heterocycles. The highest BCUT2D eigenvalue weighted by Crippen LogP contribution is 2.20. The first-order valence-electron chi connectivity index (χ1n) is 8.62. The van der Waals surface area contributed by atoms with E-state index in [-0.39, 0.29) is 35.8 Å². The molecule has 1 aliphatic rings. The molecule has 8 heteroatoms. The zero-order chi connectivity index (χ0) is 18.0. The number of halogens is 2. The van der Waals surface area contributed by atoms with Gasteiger partial charge in [-0.2, -0.15) is 0 Å². The van der Waals surface area contributed by atoms with Gasteiger partial charge < -0.3 is 15.2 Å². The van der Waals surface area contributed by atoms with E-state index in [0.29, 0.717) is 18.2 Å². The predicted octanol–water partition coefficient (Wildman–Crippen LogP) is 3.15. The summed E-state index contributed by atoms with van der Waals surface area (Å²) in [6.45, 7) is 6.12. The molecular weight excluding hydrogens is 446 g/mol. The second kappa shape index (κ2) is 8.79. The molecule has 1 saturated carbocycles. The average molecular weight is 472 g/mol. The molecule has 0 radical (unpaired) electrons. The van der Waals surface area contributed by atoms with Gasteiger partial charge in [0, 0.05) is 13.1 Å². The molecule has 1 fully saturated rings. The van der Waals surface area contributed by atoms with E-state index in [1.54, 1.807) is 19.1 Å². The van der Waals surface area contributed by atoms with Crippen molar-refractivity contribution in [2.24, 2.45) is 12.0 Å². The summed E-state index contributed by atoms with van der Waals surface area (Å²) >= 11 is 0. The van der Waals surface area contributed by atoms with Gasteiger partial charge >= 0.3 is 0 Å². The molecular formula is C18H26FIN6. The normalized spacial score (nSPS) is 15.3. The van der Waals surface area contributed by atoms with Gasteiger partial charge in [-0.05, 0) is 50.8 Å². The lowest BCUT2D eigenvalue weighted by Crippen LogP contribution is -2.40. The number of guanidine groups is 1. The summed E-state index contributed by atoms with van der Waals surface area (Å²) in [5.41, 5.74) is 1.54. The van der Waals surface area contributed by atoms with E-state index in [1.165, 1.54) is 0 Å². The zero-order valence-electron chi connectivity index (χ0n) is 15.6. The van der Waals surface area contributed by atoms with Crippen molar-refractivity contribution in [1.29, 1.82) is 0 Å². The summed E-state index contributed by atoms with van der Waals surface area (Å²) in [7, 11) is 1.93. The fourth-order valence-electron chi connectivity index (χ4n) is 2.46. The first-order valence-corrected chi connectivity index (χ1v) is 8.62. The average Bonchev–Trinajstić information content (AvgIpc) is 3.34. The van der Waals surface area contributed by atoms with Crippen LogP contribution in [0.25, 0.3) is 0 Å². The van der Waals surface area contributed by atoms with Gasteiger partial charge in [0.05, 0.1) is 6.04 Å². The minimum Gasteiger partial charge on any atom is -0.354 e. The fourth-order valence-corrected chi connectivity index (χ4v) is 2.46. The van der Waals surface area contributed by atoms with E-state index in [9.17, 15) is 4.39 Å². The molecule has 26 heavy (non-hydrogen) atoms. The molecule has 142 valence electrons. The van der Waals surface area contributed by atoms with Crippen molar-refractivity contribution in [2.75, 3.05) is 0 Å². The molecule has 0 amide bonds. The highest BCUT2D eigenvalue weighted by Gasteiger charge is 2.23. The third-order valence-corrected chi connectivity index (χ3v) is 4.53. The molecule has 1 aromatic carbocycles. The number of hydrogen-bond donors (Lipinski definition) is 2. The molecule has 2 N–H and O–H groups in total. The van der Waals surface area contributed by atoms with Crippen LogP contribution in [0.15, 0.2) is 23.2 Å². The maximum absolute atomic E-state index is 13.8. The summed E-state index contributed by atoms with van der Waals surface area (Å²) in [5.74, 6) is 2.20. The monoisotopic (exact) mass is 472 g/mol. The molecule has 1 unspecified atom stereocenters. The number of aromatic nitrogens is 3. The van der Waals surface area contributed by atoms with E-state index >= 15 is 0 Å². The third-order valence-electron chi connectivity index (χ3n) is 4.53. The SMILES string of the molecule is Cc1ccc(C(C)NC(=NCc2nnc(C)n2C)NC2CC2)cc1F.I. The molecule has 1 atom stereocenters. The number of nitrogens with zero attached hydrogens (tertiary/aromatic N) is 4. The Morgan fingerprint density at radius 1 is 1.35 bits per heavy atom. The molecule has 2 aromatic rings. The highest BCUT2D eigenvalue weighted by atomic mass is 127. The molecule has 0 spiro atoms. The molecule has 1 aliphatic carbocycles. The largest absolute Gasteiger partial charge is 0.354 e. The van der Waals surface area contributed by atoms with Crippen molar-refractivity contribution in [3.8, 4) is 0 Å². The zero-order valence-corrected chi connectivity index (χ0v) is 17.9. The van der Waals surface area contributed by atoms with Gasteiger partial charge in [0.1, 0.15) is 18.2 Å². The smallest absolute Gasteiger partial charge is 0.192 e. The Hall–Kier alpha value is -1.71. The van der Waals surface area contributed by atoms with Gasteiger partial charge in [-0.15, -0.1) is 34.2 Å². The lowest BCUT2D eigenvalue weighted by Gasteiger charge is -2.19. The summed E-state index contributed by atoms with van der Waals surface area (Å²) in [6, 6.07) is 5.73. The van der Waals surface area contributed by atoms with Gasteiger partial charge in [0.15, 0.2) is 11.8 Å². The second-order valence-electron chi connectivity index (χ2n) is 6.68. The molecule has 1 aromatic heterocycles. The van der Waals surface area contributed by atoms with Crippen molar-refractivity contribution >= 4 is 29.9 Å². The Kier molecular flexibility index (Phi) is 6.96. The summed E-state index contributed by atoms with van der Waals surface area (Å²) < 4.78 is 15.7. The third kappa shape index (κ3) is 5.15. The van der Waals surface area contributed by atoms with E-state index in [4.69, 9.17) is 0 Å². The number of hydrogen-bond acceptors (Lipinski definition) is 3. The predicted molar refractivity (Wildman–Crippen MR) is 111 cm³/mol. The Morgan fingerprint density at radius 2 is 2.08 bits per heavy atom. The van der Waals surface area contributed by atoms with Crippen molar-refractivity contribution in [2.45, 2.75) is 52.2 Å². The van der Waals surface area contributed by atoms with Crippen LogP contribution in [-0.2, 0) is 13.6 Å². The molecule has 0 bridgehead atoms. The number of benzene rings is 1. The number of aliphatic imine (C=N–C) groups is 1. The van der Waals surface area contributed by atoms with Gasteiger partial charge in [-0.3, -0.25) is 0 Å². The van der Waals surface area contributed by atoms with Crippen LogP contribution >= 0.6 is 24.0 Å². The summed E-state index contributed by atoms with van der Waals surface area (Å²) in [5, 5.41) is 15.0. The van der Waals surface area contributed by atoms with E-state index in [2.05, 4.69) is 25.8 Å². The van der Waals surface area contributed by atoms with E-state index in [0.717, 1.165) is 36.0 Å². The van der Waals surface area contributed by atoms with Crippen LogP contribution < -0.4 is 10.6 Å². The quantitative estimate of drug-likeness (QED) is 0.399. The Morgan fingerprint density at radius 3 is 2.65 bits per heavy atom. The van der Waals surface area contributed by atoms with Crippen molar-refractivity contribution < 1.29 is 4.39 Å².